The summed E-state index contributed by atoms with van der Waals surface area (Å²) in [6.45, 7) is 0. The first kappa shape index (κ1) is 17.5. The zero-order chi connectivity index (χ0) is 19.0. The van der Waals surface area contributed by atoms with E-state index in [2.05, 4.69) is 41.3 Å². The minimum Gasteiger partial charge on any atom is -0.497 e. The highest BCUT2D eigenvalue weighted by atomic mass is 79.9. The summed E-state index contributed by atoms with van der Waals surface area (Å²) in [6, 6.07) is 7.67. The second kappa shape index (κ2) is 6.99. The van der Waals surface area contributed by atoms with E-state index in [0.29, 0.717) is 10.4 Å². The first-order valence-corrected chi connectivity index (χ1v) is 9.08. The lowest BCUT2D eigenvalue weighted by Crippen LogP contribution is -2.18. The normalized spacial score (nSPS) is 12.3. The van der Waals surface area contributed by atoms with Crippen molar-refractivity contribution in [2.75, 3.05) is 12.4 Å². The largest absolute Gasteiger partial charge is 0.497 e. The Morgan fingerprint density at radius 2 is 2.04 bits per heavy atom. The maximum absolute atomic E-state index is 5.39. The minimum absolute atomic E-state index is 0.231. The average molecular weight is 428 g/mol. The van der Waals surface area contributed by atoms with Gasteiger partial charge < -0.3 is 14.6 Å². The maximum atomic E-state index is 5.39. The van der Waals surface area contributed by atoms with Gasteiger partial charge in [-0.2, -0.15) is 5.10 Å². The van der Waals surface area contributed by atoms with Crippen LogP contribution in [0.25, 0.3) is 11.0 Å². The van der Waals surface area contributed by atoms with Gasteiger partial charge in [-0.05, 0) is 33.6 Å². The Morgan fingerprint density at radius 3 is 2.78 bits per heavy atom. The smallest absolute Gasteiger partial charge is 0.164 e. The van der Waals surface area contributed by atoms with Gasteiger partial charge in [0.2, 0.25) is 0 Å². The van der Waals surface area contributed by atoms with Crippen molar-refractivity contribution >= 4 is 32.8 Å². The molecule has 3 aromatic heterocycles. The predicted octanol–water partition coefficient (Wildman–Crippen LogP) is 3.07. The molecule has 3 heterocycles. The fraction of sp³-hybridized carbons (Fsp3) is 0.222. The Bertz CT molecular complexity index is 1100. The highest BCUT2D eigenvalue weighted by Crippen LogP contribution is 2.32. The molecule has 0 bridgehead atoms. The molecule has 9 heteroatoms. The quantitative estimate of drug-likeness (QED) is 0.526. The van der Waals surface area contributed by atoms with Crippen LogP contribution < -0.4 is 10.1 Å². The first-order chi connectivity index (χ1) is 13.1. The molecule has 0 saturated heterocycles. The van der Waals surface area contributed by atoms with Crippen molar-refractivity contribution in [3.05, 3.63) is 59.0 Å². The van der Waals surface area contributed by atoms with Crippen molar-refractivity contribution in [2.45, 2.75) is 6.04 Å². The van der Waals surface area contributed by atoms with Crippen molar-refractivity contribution in [3.8, 4) is 5.75 Å². The summed E-state index contributed by atoms with van der Waals surface area (Å²) in [4.78, 5) is 13.3. The molecule has 8 nitrogen and oxygen atoms in total. The zero-order valence-corrected chi connectivity index (χ0v) is 16.7. The number of aryl methyl sites for hydroxylation is 2. The third kappa shape index (κ3) is 3.14. The molecule has 0 amide bonds. The Balaban J connectivity index is 1.84. The van der Waals surface area contributed by atoms with Crippen molar-refractivity contribution in [1.82, 2.24) is 29.3 Å². The molecule has 1 aromatic carbocycles. The van der Waals surface area contributed by atoms with Gasteiger partial charge in [0.05, 0.1) is 12.5 Å². The molecule has 1 unspecified atom stereocenters. The Hall–Kier alpha value is -2.94. The van der Waals surface area contributed by atoms with Crippen molar-refractivity contribution in [2.24, 2.45) is 14.1 Å². The molecular weight excluding hydrogens is 410 g/mol. The van der Waals surface area contributed by atoms with E-state index in [0.717, 1.165) is 28.2 Å². The Morgan fingerprint density at radius 1 is 1.19 bits per heavy atom. The third-order valence-corrected chi connectivity index (χ3v) is 4.96. The van der Waals surface area contributed by atoms with Crippen molar-refractivity contribution < 1.29 is 4.74 Å². The lowest BCUT2D eigenvalue weighted by Gasteiger charge is -2.20. The lowest BCUT2D eigenvalue weighted by atomic mass is 10.1. The molecule has 0 spiro atoms. The molecule has 0 radical (unpaired) electrons. The molecule has 1 atom stereocenters. The van der Waals surface area contributed by atoms with Gasteiger partial charge in [-0.3, -0.25) is 0 Å². The summed E-state index contributed by atoms with van der Waals surface area (Å²) < 4.78 is 9.78. The number of anilines is 1. The number of hydrogen-bond acceptors (Lipinski definition) is 6. The predicted molar refractivity (Wildman–Crippen MR) is 106 cm³/mol. The van der Waals surface area contributed by atoms with Crippen LogP contribution >= 0.6 is 15.9 Å². The van der Waals surface area contributed by atoms with E-state index in [1.54, 1.807) is 18.0 Å². The summed E-state index contributed by atoms with van der Waals surface area (Å²) in [5.74, 6) is 2.31. The standard InChI is InChI=1S/C18H18BrN7O/c1-25-8-7-20-18(25)14(11-5-4-6-12(9-11)27-3)23-16-13-15(19)24-26(2)17(13)22-10-21-16/h4-10,14H,1-3H3,(H,21,22,23). The molecule has 0 saturated carbocycles. The van der Waals surface area contributed by atoms with E-state index in [4.69, 9.17) is 4.74 Å². The number of hydrogen-bond donors (Lipinski definition) is 1. The number of halogens is 1. The molecule has 4 aromatic rings. The van der Waals surface area contributed by atoms with Crippen LogP contribution in [-0.2, 0) is 14.1 Å². The summed E-state index contributed by atoms with van der Waals surface area (Å²) in [5.41, 5.74) is 1.75. The minimum atomic E-state index is -0.231. The van der Waals surface area contributed by atoms with E-state index < -0.39 is 0 Å². The van der Waals surface area contributed by atoms with Gasteiger partial charge in [-0.15, -0.1) is 0 Å². The number of nitrogens with zero attached hydrogens (tertiary/aromatic N) is 6. The molecule has 1 N–H and O–H groups in total. The number of aromatic nitrogens is 6. The van der Waals surface area contributed by atoms with Crippen LogP contribution in [-0.4, -0.2) is 36.4 Å². The molecule has 0 aliphatic carbocycles. The number of methoxy groups -OCH3 is 1. The SMILES string of the molecule is COc1cccc(C(Nc2ncnc3c2c(Br)nn3C)c2nccn2C)c1. The van der Waals surface area contributed by atoms with Crippen LogP contribution in [0.4, 0.5) is 5.82 Å². The van der Waals surface area contributed by atoms with Gasteiger partial charge in [0.1, 0.15) is 34.4 Å². The summed E-state index contributed by atoms with van der Waals surface area (Å²) in [7, 11) is 5.47. The second-order valence-electron chi connectivity index (χ2n) is 6.09. The number of fused-ring (bicyclic) bond motifs is 1. The van der Waals surface area contributed by atoms with Crippen LogP contribution in [0.3, 0.4) is 0 Å². The van der Waals surface area contributed by atoms with Gasteiger partial charge >= 0.3 is 0 Å². The van der Waals surface area contributed by atoms with Gasteiger partial charge in [-0.1, -0.05) is 12.1 Å². The van der Waals surface area contributed by atoms with Crippen LogP contribution in [0.5, 0.6) is 5.75 Å². The van der Waals surface area contributed by atoms with E-state index in [1.807, 2.05) is 49.1 Å². The summed E-state index contributed by atoms with van der Waals surface area (Å²) >= 11 is 3.51. The van der Waals surface area contributed by atoms with Crippen LogP contribution in [0, 0.1) is 0 Å². The van der Waals surface area contributed by atoms with Gasteiger partial charge in [-0.25, -0.2) is 19.6 Å². The van der Waals surface area contributed by atoms with E-state index in [9.17, 15) is 0 Å². The first-order valence-electron chi connectivity index (χ1n) is 8.29. The fourth-order valence-corrected chi connectivity index (χ4v) is 3.66. The van der Waals surface area contributed by atoms with E-state index in [1.165, 1.54) is 6.33 Å². The molecule has 0 aliphatic heterocycles. The average Bonchev–Trinajstić information content (AvgIpc) is 3.23. The third-order valence-electron chi connectivity index (χ3n) is 4.40. The summed E-state index contributed by atoms with van der Waals surface area (Å²) in [5, 5.41) is 8.72. The Labute approximate surface area is 164 Å². The van der Waals surface area contributed by atoms with E-state index in [-0.39, 0.29) is 6.04 Å². The highest BCUT2D eigenvalue weighted by Gasteiger charge is 2.22. The van der Waals surface area contributed by atoms with Crippen molar-refractivity contribution in [3.63, 3.8) is 0 Å². The van der Waals surface area contributed by atoms with Crippen LogP contribution in [0.15, 0.2) is 47.6 Å². The number of nitrogens with one attached hydrogen (secondary N) is 1. The lowest BCUT2D eigenvalue weighted by molar-refractivity contribution is 0.414. The molecule has 0 fully saturated rings. The van der Waals surface area contributed by atoms with Gasteiger partial charge in [0.15, 0.2) is 5.65 Å². The number of imidazole rings is 1. The van der Waals surface area contributed by atoms with Crippen LogP contribution in [0.1, 0.15) is 17.4 Å². The zero-order valence-electron chi connectivity index (χ0n) is 15.1. The van der Waals surface area contributed by atoms with Crippen molar-refractivity contribution in [1.29, 1.82) is 0 Å². The number of rotatable bonds is 5. The number of benzene rings is 1. The second-order valence-corrected chi connectivity index (χ2v) is 6.84. The van der Waals surface area contributed by atoms with Crippen LogP contribution in [0.2, 0.25) is 0 Å². The topological polar surface area (TPSA) is 82.7 Å². The molecule has 138 valence electrons. The fourth-order valence-electron chi connectivity index (χ4n) is 3.06. The number of ether oxygens (including phenoxy) is 1. The monoisotopic (exact) mass is 427 g/mol. The molecular formula is C18H18BrN7O. The maximum Gasteiger partial charge on any atom is 0.164 e. The van der Waals surface area contributed by atoms with Gasteiger partial charge in [0, 0.05) is 26.5 Å². The van der Waals surface area contributed by atoms with Gasteiger partial charge in [0.25, 0.3) is 0 Å². The Kier molecular flexibility index (Phi) is 4.53. The van der Waals surface area contributed by atoms with E-state index >= 15 is 0 Å². The summed E-state index contributed by atoms with van der Waals surface area (Å²) in [6.07, 6.45) is 5.22. The molecule has 0 aliphatic rings. The molecule has 4 rings (SSSR count). The molecule has 27 heavy (non-hydrogen) atoms. The highest BCUT2D eigenvalue weighted by molar-refractivity contribution is 9.10.